The van der Waals surface area contributed by atoms with Crippen molar-refractivity contribution in [3.05, 3.63) is 62.1 Å². The molecule has 26 heavy (non-hydrogen) atoms. The lowest BCUT2D eigenvalue weighted by Gasteiger charge is -2.11. The highest BCUT2D eigenvalue weighted by Crippen LogP contribution is 2.29. The van der Waals surface area contributed by atoms with Gasteiger partial charge in [-0.05, 0) is 18.2 Å². The Morgan fingerprint density at radius 1 is 1.19 bits per heavy atom. The zero-order chi connectivity index (χ0) is 19.3. The number of ether oxygens (including phenoxy) is 2. The fourth-order valence-electron chi connectivity index (χ4n) is 1.98. The van der Waals surface area contributed by atoms with Crippen LogP contribution in [0.25, 0.3) is 0 Å². The van der Waals surface area contributed by atoms with E-state index >= 15 is 0 Å². The summed E-state index contributed by atoms with van der Waals surface area (Å²) in [6.45, 7) is -0.611. The van der Waals surface area contributed by atoms with Crippen LogP contribution in [0.5, 0.6) is 5.75 Å². The van der Waals surface area contributed by atoms with Crippen LogP contribution in [-0.4, -0.2) is 30.5 Å². The van der Waals surface area contributed by atoms with E-state index in [1.807, 2.05) is 0 Å². The Bertz CT molecular complexity index is 852. The third kappa shape index (κ3) is 4.62. The molecule has 0 bridgehead atoms. The Labute approximate surface area is 157 Å². The number of nitrogens with one attached hydrogen (secondary N) is 1. The monoisotopic (exact) mass is 398 g/mol. The molecule has 136 valence electrons. The van der Waals surface area contributed by atoms with Crippen LogP contribution in [0.1, 0.15) is 10.4 Å². The number of hydrogen-bond acceptors (Lipinski definition) is 6. The Hall–Kier alpha value is -2.84. The Morgan fingerprint density at radius 3 is 2.42 bits per heavy atom. The smallest absolute Gasteiger partial charge is 0.341 e. The van der Waals surface area contributed by atoms with Gasteiger partial charge in [-0.15, -0.1) is 0 Å². The highest BCUT2D eigenvalue weighted by molar-refractivity contribution is 6.39. The van der Waals surface area contributed by atoms with Crippen LogP contribution in [-0.2, 0) is 9.53 Å². The second-order valence-corrected chi connectivity index (χ2v) is 5.68. The summed E-state index contributed by atoms with van der Waals surface area (Å²) in [7, 11) is 1.30. The highest BCUT2D eigenvalue weighted by atomic mass is 35.5. The summed E-state index contributed by atoms with van der Waals surface area (Å²) in [6, 6.07) is 8.16. The molecule has 2 aromatic carbocycles. The molecule has 10 heteroatoms. The molecule has 0 spiro atoms. The van der Waals surface area contributed by atoms with Crippen molar-refractivity contribution >= 4 is 46.5 Å². The van der Waals surface area contributed by atoms with Crippen molar-refractivity contribution in [1.29, 1.82) is 0 Å². The predicted octanol–water partition coefficient (Wildman–Crippen LogP) is 3.71. The average Bonchev–Trinajstić information content (AvgIpc) is 2.60. The SMILES string of the molecule is COc1cc([N+](=O)[O-])ccc1NC(=O)COC(=O)c1c(Cl)cccc1Cl. The first-order chi connectivity index (χ1) is 12.3. The molecule has 0 unspecified atom stereocenters. The Kier molecular flexibility index (Phi) is 6.37. The van der Waals surface area contributed by atoms with Crippen molar-refractivity contribution in [3.63, 3.8) is 0 Å². The largest absolute Gasteiger partial charge is 0.494 e. The van der Waals surface area contributed by atoms with Crippen LogP contribution in [0.15, 0.2) is 36.4 Å². The molecular weight excluding hydrogens is 387 g/mol. The van der Waals surface area contributed by atoms with Crippen molar-refractivity contribution in [3.8, 4) is 5.75 Å². The van der Waals surface area contributed by atoms with Crippen LogP contribution in [0.3, 0.4) is 0 Å². The molecule has 0 aliphatic carbocycles. The molecule has 1 N–H and O–H groups in total. The second-order valence-electron chi connectivity index (χ2n) is 4.86. The highest BCUT2D eigenvalue weighted by Gasteiger charge is 2.18. The van der Waals surface area contributed by atoms with E-state index in [2.05, 4.69) is 5.32 Å². The van der Waals surface area contributed by atoms with Gasteiger partial charge in [0.05, 0.1) is 39.4 Å². The number of nitrogens with zero attached hydrogens (tertiary/aromatic N) is 1. The maximum absolute atomic E-state index is 12.0. The summed E-state index contributed by atoms with van der Waals surface area (Å²) >= 11 is 11.8. The minimum Gasteiger partial charge on any atom is -0.494 e. The van der Waals surface area contributed by atoms with Gasteiger partial charge < -0.3 is 14.8 Å². The molecule has 0 heterocycles. The summed E-state index contributed by atoms with van der Waals surface area (Å²) in [5, 5.41) is 13.4. The molecule has 2 rings (SSSR count). The van der Waals surface area contributed by atoms with Gasteiger partial charge in [0.2, 0.25) is 0 Å². The number of rotatable bonds is 6. The summed E-state index contributed by atoms with van der Waals surface area (Å²) in [6.07, 6.45) is 0. The maximum Gasteiger partial charge on any atom is 0.341 e. The molecule has 1 amide bonds. The number of anilines is 1. The zero-order valence-electron chi connectivity index (χ0n) is 13.3. The number of esters is 1. The second kappa shape index (κ2) is 8.50. The summed E-state index contributed by atoms with van der Waals surface area (Å²) < 4.78 is 9.89. The van der Waals surface area contributed by atoms with Gasteiger partial charge in [0.15, 0.2) is 6.61 Å². The van der Waals surface area contributed by atoms with E-state index in [9.17, 15) is 19.7 Å². The first kappa shape index (κ1) is 19.5. The number of benzene rings is 2. The molecule has 0 radical (unpaired) electrons. The van der Waals surface area contributed by atoms with Crippen molar-refractivity contribution < 1.29 is 24.0 Å². The van der Waals surface area contributed by atoms with E-state index < -0.39 is 23.4 Å². The van der Waals surface area contributed by atoms with Crippen molar-refractivity contribution in [1.82, 2.24) is 0 Å². The average molecular weight is 399 g/mol. The molecule has 0 saturated carbocycles. The van der Waals surface area contributed by atoms with Gasteiger partial charge in [-0.2, -0.15) is 0 Å². The summed E-state index contributed by atoms with van der Waals surface area (Å²) in [5.41, 5.74) is -0.0499. The van der Waals surface area contributed by atoms with E-state index in [4.69, 9.17) is 32.7 Å². The van der Waals surface area contributed by atoms with Crippen molar-refractivity contribution in [2.45, 2.75) is 0 Å². The van der Waals surface area contributed by atoms with Crippen LogP contribution < -0.4 is 10.1 Å². The number of methoxy groups -OCH3 is 1. The molecule has 2 aromatic rings. The third-order valence-electron chi connectivity index (χ3n) is 3.17. The molecule has 0 aliphatic heterocycles. The zero-order valence-corrected chi connectivity index (χ0v) is 14.8. The van der Waals surface area contributed by atoms with Gasteiger partial charge in [0, 0.05) is 6.07 Å². The molecule has 0 fully saturated rings. The van der Waals surface area contributed by atoms with Gasteiger partial charge in [0.25, 0.3) is 11.6 Å². The Morgan fingerprint density at radius 2 is 1.85 bits per heavy atom. The lowest BCUT2D eigenvalue weighted by atomic mass is 10.2. The number of nitro groups is 1. The first-order valence-electron chi connectivity index (χ1n) is 7.07. The number of non-ortho nitro benzene ring substituents is 1. The standard InChI is InChI=1S/C16H12Cl2N2O6/c1-25-13-7-9(20(23)24)5-6-12(13)19-14(21)8-26-16(22)15-10(17)3-2-4-11(15)18/h2-7H,8H2,1H3,(H,19,21). The predicted molar refractivity (Wildman–Crippen MR) is 95.0 cm³/mol. The lowest BCUT2D eigenvalue weighted by Crippen LogP contribution is -2.21. The number of nitro benzene ring substituents is 1. The van der Waals surface area contributed by atoms with Crippen LogP contribution in [0.2, 0.25) is 10.0 Å². The first-order valence-corrected chi connectivity index (χ1v) is 7.82. The Balaban J connectivity index is 2.03. The van der Waals surface area contributed by atoms with Crippen molar-refractivity contribution in [2.75, 3.05) is 19.0 Å². The number of halogens is 2. The summed E-state index contributed by atoms with van der Waals surface area (Å²) in [4.78, 5) is 34.1. The molecule has 0 aromatic heterocycles. The van der Waals surface area contributed by atoms with Gasteiger partial charge in [-0.1, -0.05) is 29.3 Å². The fraction of sp³-hybridized carbons (Fsp3) is 0.125. The molecule has 0 atom stereocenters. The van der Waals surface area contributed by atoms with E-state index in [-0.39, 0.29) is 32.7 Å². The molecular formula is C16H12Cl2N2O6. The van der Waals surface area contributed by atoms with Crippen LogP contribution in [0.4, 0.5) is 11.4 Å². The number of carbonyl (C=O) groups is 2. The van der Waals surface area contributed by atoms with Gasteiger partial charge in [-0.3, -0.25) is 14.9 Å². The van der Waals surface area contributed by atoms with Crippen LogP contribution >= 0.6 is 23.2 Å². The van der Waals surface area contributed by atoms with Gasteiger partial charge >= 0.3 is 5.97 Å². The van der Waals surface area contributed by atoms with Crippen LogP contribution in [0, 0.1) is 10.1 Å². The van der Waals surface area contributed by atoms with E-state index in [0.717, 1.165) is 6.07 Å². The normalized spacial score (nSPS) is 10.1. The summed E-state index contributed by atoms with van der Waals surface area (Å²) in [5.74, 6) is -1.44. The van der Waals surface area contributed by atoms with E-state index in [1.165, 1.54) is 31.4 Å². The maximum atomic E-state index is 12.0. The minimum atomic E-state index is -0.855. The fourth-order valence-corrected chi connectivity index (χ4v) is 2.53. The minimum absolute atomic E-state index is 0.0449. The van der Waals surface area contributed by atoms with Gasteiger partial charge in [-0.25, -0.2) is 4.79 Å². The van der Waals surface area contributed by atoms with E-state index in [1.54, 1.807) is 6.07 Å². The number of amides is 1. The van der Waals surface area contributed by atoms with E-state index in [0.29, 0.717) is 0 Å². The van der Waals surface area contributed by atoms with Crippen molar-refractivity contribution in [2.24, 2.45) is 0 Å². The molecule has 0 saturated heterocycles. The molecule has 0 aliphatic rings. The topological polar surface area (TPSA) is 108 Å². The lowest BCUT2D eigenvalue weighted by molar-refractivity contribution is -0.384. The number of carbonyl (C=O) groups excluding carboxylic acids is 2. The molecule has 8 nitrogen and oxygen atoms in total. The van der Waals surface area contributed by atoms with Gasteiger partial charge in [0.1, 0.15) is 5.75 Å². The number of hydrogen-bond donors (Lipinski definition) is 1. The quantitative estimate of drug-likeness (QED) is 0.451. The third-order valence-corrected chi connectivity index (χ3v) is 3.80.